The highest BCUT2D eigenvalue weighted by atomic mass is 16.7. The van der Waals surface area contributed by atoms with Crippen LogP contribution in [0.1, 0.15) is 23.7 Å². The van der Waals surface area contributed by atoms with Gasteiger partial charge < -0.3 is 19.9 Å². The largest absolute Gasteiger partial charge is 0.495 e. The first-order valence-corrected chi connectivity index (χ1v) is 10.3. The Balaban J connectivity index is 1.85. The summed E-state index contributed by atoms with van der Waals surface area (Å²) in [7, 11) is 4.79. The fraction of sp³-hybridized carbons (Fsp3) is 0.455. The van der Waals surface area contributed by atoms with Gasteiger partial charge in [-0.2, -0.15) is 0 Å². The monoisotopic (exact) mass is 413 g/mol. The molecule has 1 aliphatic rings. The van der Waals surface area contributed by atoms with Crippen LogP contribution in [0.2, 0.25) is 0 Å². The molecule has 0 radical (unpaired) electrons. The lowest BCUT2D eigenvalue weighted by atomic mass is 10.1. The molecule has 30 heavy (non-hydrogen) atoms. The Bertz CT molecular complexity index is 852. The van der Waals surface area contributed by atoms with Crippen LogP contribution >= 0.6 is 0 Å². The predicted molar refractivity (Wildman–Crippen MR) is 120 cm³/mol. The maximum absolute atomic E-state index is 13.1. The Morgan fingerprint density at radius 2 is 1.77 bits per heavy atom. The molecule has 0 saturated carbocycles. The molecule has 0 atom stereocenters. The van der Waals surface area contributed by atoms with Crippen LogP contribution in [0.15, 0.2) is 36.5 Å². The lowest BCUT2D eigenvalue weighted by molar-refractivity contribution is -0.0756. The fourth-order valence-electron chi connectivity index (χ4n) is 3.62. The van der Waals surface area contributed by atoms with Crippen LogP contribution in [0.4, 0.5) is 17.2 Å². The number of pyridine rings is 1. The molecule has 8 nitrogen and oxygen atoms in total. The lowest BCUT2D eigenvalue weighted by Gasteiger charge is -2.38. The van der Waals surface area contributed by atoms with E-state index in [1.54, 1.807) is 20.4 Å². The number of aromatic nitrogens is 1. The first kappa shape index (κ1) is 21.7. The summed E-state index contributed by atoms with van der Waals surface area (Å²) in [5.74, 6) is 1.25. The number of benzene rings is 1. The number of rotatable bonds is 8. The summed E-state index contributed by atoms with van der Waals surface area (Å²) in [5.41, 5.74) is 2.51. The molecule has 3 rings (SSSR count). The van der Waals surface area contributed by atoms with Crippen LogP contribution < -0.4 is 19.9 Å². The Hall–Kier alpha value is -3.00. The summed E-state index contributed by atoms with van der Waals surface area (Å²) in [6.45, 7) is 6.05. The molecule has 0 spiro atoms. The van der Waals surface area contributed by atoms with E-state index in [1.807, 2.05) is 24.3 Å². The van der Waals surface area contributed by atoms with Crippen molar-refractivity contribution in [1.82, 2.24) is 10.0 Å². The van der Waals surface area contributed by atoms with E-state index < -0.39 is 0 Å². The van der Waals surface area contributed by atoms with E-state index in [9.17, 15) is 4.79 Å². The van der Waals surface area contributed by atoms with Crippen molar-refractivity contribution in [3.63, 3.8) is 0 Å². The first-order valence-electron chi connectivity index (χ1n) is 10.3. The van der Waals surface area contributed by atoms with Crippen molar-refractivity contribution in [2.24, 2.45) is 0 Å². The summed E-state index contributed by atoms with van der Waals surface area (Å²) in [6.07, 6.45) is 2.70. The predicted octanol–water partition coefficient (Wildman–Crippen LogP) is 2.87. The zero-order valence-electron chi connectivity index (χ0n) is 18.2. The molecule has 1 aromatic carbocycles. The number of hydrogen-bond donors (Lipinski definition) is 1. The van der Waals surface area contributed by atoms with Crippen molar-refractivity contribution in [1.29, 1.82) is 0 Å². The zero-order chi connectivity index (χ0) is 21.5. The second-order valence-electron chi connectivity index (χ2n) is 7.11. The second kappa shape index (κ2) is 10.2. The third-order valence-electron chi connectivity index (χ3n) is 5.29. The van der Waals surface area contributed by atoms with Gasteiger partial charge in [-0.1, -0.05) is 19.1 Å². The van der Waals surface area contributed by atoms with E-state index in [0.717, 1.165) is 56.3 Å². The van der Waals surface area contributed by atoms with Crippen molar-refractivity contribution in [3.8, 4) is 5.75 Å². The number of amides is 1. The normalized spacial score (nSPS) is 13.9. The minimum atomic E-state index is -0.216. The summed E-state index contributed by atoms with van der Waals surface area (Å²) < 4.78 is 5.52. The molecule has 2 heterocycles. The van der Waals surface area contributed by atoms with Gasteiger partial charge in [0.2, 0.25) is 0 Å². The summed E-state index contributed by atoms with van der Waals surface area (Å²) >= 11 is 0. The smallest absolute Gasteiger partial charge is 0.283 e. The molecule has 162 valence electrons. The number of ether oxygens (including phenoxy) is 1. The highest BCUT2D eigenvalue weighted by molar-refractivity contribution is 6.03. The molecule has 2 aromatic rings. The number of piperazine rings is 1. The van der Waals surface area contributed by atoms with Gasteiger partial charge in [-0.25, -0.2) is 10.0 Å². The van der Waals surface area contributed by atoms with E-state index in [4.69, 9.17) is 9.57 Å². The SMILES string of the molecule is CCCNc1nccc(N2CCN(c3ccccc3OC)CC2)c1C(=O)N(C)OC. The minimum absolute atomic E-state index is 0.216. The quantitative estimate of drug-likeness (QED) is 0.667. The summed E-state index contributed by atoms with van der Waals surface area (Å²) in [5, 5.41) is 4.52. The van der Waals surface area contributed by atoms with Crippen LogP contribution in [-0.4, -0.2) is 69.9 Å². The molecule has 1 amide bonds. The highest BCUT2D eigenvalue weighted by Crippen LogP contribution is 2.32. The number of methoxy groups -OCH3 is 1. The number of nitrogens with one attached hydrogen (secondary N) is 1. The molecule has 1 aliphatic heterocycles. The van der Waals surface area contributed by atoms with Gasteiger partial charge in [0.05, 0.1) is 25.6 Å². The molecule has 1 N–H and O–H groups in total. The van der Waals surface area contributed by atoms with Gasteiger partial charge in [-0.05, 0) is 24.6 Å². The average molecular weight is 414 g/mol. The van der Waals surface area contributed by atoms with Crippen molar-refractivity contribution < 1.29 is 14.4 Å². The third-order valence-corrected chi connectivity index (χ3v) is 5.29. The highest BCUT2D eigenvalue weighted by Gasteiger charge is 2.27. The van der Waals surface area contributed by atoms with Gasteiger partial charge in [-0.3, -0.25) is 9.63 Å². The third kappa shape index (κ3) is 4.59. The topological polar surface area (TPSA) is 70.2 Å². The van der Waals surface area contributed by atoms with E-state index in [0.29, 0.717) is 11.4 Å². The fourth-order valence-corrected chi connectivity index (χ4v) is 3.62. The molecule has 8 heteroatoms. The van der Waals surface area contributed by atoms with E-state index in [2.05, 4.69) is 33.1 Å². The number of anilines is 3. The van der Waals surface area contributed by atoms with Gasteiger partial charge in [0.25, 0.3) is 5.91 Å². The van der Waals surface area contributed by atoms with Gasteiger partial charge in [0.1, 0.15) is 17.1 Å². The van der Waals surface area contributed by atoms with E-state index >= 15 is 0 Å². The number of hydrogen-bond acceptors (Lipinski definition) is 7. The summed E-state index contributed by atoms with van der Waals surface area (Å²) in [6, 6.07) is 9.97. The number of carbonyl (C=O) groups is 1. The number of nitrogens with zero attached hydrogens (tertiary/aromatic N) is 4. The summed E-state index contributed by atoms with van der Waals surface area (Å²) in [4.78, 5) is 27.2. The Labute approximate surface area is 178 Å². The molecule has 1 fully saturated rings. The Morgan fingerprint density at radius 1 is 1.10 bits per heavy atom. The number of para-hydroxylation sites is 2. The Morgan fingerprint density at radius 3 is 2.40 bits per heavy atom. The van der Waals surface area contributed by atoms with E-state index in [1.165, 1.54) is 12.2 Å². The number of carbonyl (C=O) groups excluding carboxylic acids is 1. The van der Waals surface area contributed by atoms with Gasteiger partial charge in [-0.15, -0.1) is 0 Å². The molecule has 0 aliphatic carbocycles. The molecule has 0 unspecified atom stereocenters. The zero-order valence-corrected chi connectivity index (χ0v) is 18.2. The number of hydroxylamine groups is 2. The lowest BCUT2D eigenvalue weighted by Crippen LogP contribution is -2.47. The maximum Gasteiger partial charge on any atom is 0.283 e. The molecular weight excluding hydrogens is 382 g/mol. The minimum Gasteiger partial charge on any atom is -0.495 e. The van der Waals surface area contributed by atoms with Crippen molar-refractivity contribution in [3.05, 3.63) is 42.1 Å². The maximum atomic E-state index is 13.1. The van der Waals surface area contributed by atoms with Crippen LogP contribution in [0, 0.1) is 0 Å². The van der Waals surface area contributed by atoms with Crippen molar-refractivity contribution in [2.45, 2.75) is 13.3 Å². The standard InChI is InChI=1S/C22H31N5O3/c1-5-11-23-21-20(22(28)25(2)30-4)18(10-12-24-21)27-15-13-26(14-16-27)17-8-6-7-9-19(17)29-3/h6-10,12H,5,11,13-16H2,1-4H3,(H,23,24). The van der Waals surface area contributed by atoms with E-state index in [-0.39, 0.29) is 5.91 Å². The molecule has 1 saturated heterocycles. The van der Waals surface area contributed by atoms with Crippen molar-refractivity contribution in [2.75, 3.05) is 69.1 Å². The van der Waals surface area contributed by atoms with Gasteiger partial charge in [0.15, 0.2) is 0 Å². The van der Waals surface area contributed by atoms with Gasteiger partial charge >= 0.3 is 0 Å². The molecular formula is C22H31N5O3. The van der Waals surface area contributed by atoms with Crippen LogP contribution in [-0.2, 0) is 4.84 Å². The second-order valence-corrected chi connectivity index (χ2v) is 7.11. The van der Waals surface area contributed by atoms with Crippen molar-refractivity contribution >= 4 is 23.1 Å². The molecule has 0 bridgehead atoms. The van der Waals surface area contributed by atoms with Crippen LogP contribution in [0.25, 0.3) is 0 Å². The first-order chi connectivity index (χ1) is 14.6. The van der Waals surface area contributed by atoms with Gasteiger partial charge in [0, 0.05) is 46.0 Å². The average Bonchev–Trinajstić information content (AvgIpc) is 2.81. The Kier molecular flexibility index (Phi) is 7.35. The van der Waals surface area contributed by atoms with Crippen LogP contribution in [0.5, 0.6) is 5.75 Å². The molecule has 1 aromatic heterocycles. The van der Waals surface area contributed by atoms with Crippen LogP contribution in [0.3, 0.4) is 0 Å².